The molecule has 1 fully saturated rings. The number of hydrogen-bond donors (Lipinski definition) is 2. The van der Waals surface area contributed by atoms with Crippen molar-refractivity contribution in [1.82, 2.24) is 4.90 Å². The molecule has 1 heterocycles. The summed E-state index contributed by atoms with van der Waals surface area (Å²) < 4.78 is 13.4. The number of likely N-dealkylation sites (tertiary alicyclic amines) is 1. The van der Waals surface area contributed by atoms with Crippen LogP contribution in [0.2, 0.25) is 0 Å². The van der Waals surface area contributed by atoms with E-state index in [1.807, 2.05) is 61.5 Å². The molecule has 32 heavy (non-hydrogen) atoms. The van der Waals surface area contributed by atoms with E-state index in [2.05, 4.69) is 10.2 Å². The third kappa shape index (κ3) is 5.59. The van der Waals surface area contributed by atoms with Gasteiger partial charge in [-0.05, 0) is 61.7 Å². The summed E-state index contributed by atoms with van der Waals surface area (Å²) in [7, 11) is 0. The summed E-state index contributed by atoms with van der Waals surface area (Å²) in [6, 6.07) is 23.9. The molecule has 0 atom stereocenters. The van der Waals surface area contributed by atoms with Crippen LogP contribution in [0.25, 0.3) is 0 Å². The average molecular weight is 431 g/mol. The molecule has 4 rings (SSSR count). The standard InChI is InChI=1S/C26H27FN4O/c1-19-7-5-6-10-24(19)25(28-22-13-11-20(27)12-14-22)30-26(29-21-8-3-2-4-9-21)31-17-15-23(32)16-18-31/h2-14,23,32H,15-18H2,1H3,(H,28,29,30). The first-order chi connectivity index (χ1) is 15.6. The van der Waals surface area contributed by atoms with Crippen molar-refractivity contribution in [3.63, 3.8) is 0 Å². The molecule has 0 radical (unpaired) electrons. The summed E-state index contributed by atoms with van der Waals surface area (Å²) in [4.78, 5) is 11.9. The number of hydrogen-bond acceptors (Lipinski definition) is 2. The normalized spacial score (nSPS) is 15.7. The third-order valence-corrected chi connectivity index (χ3v) is 5.45. The highest BCUT2D eigenvalue weighted by molar-refractivity contribution is 6.14. The Labute approximate surface area is 188 Å². The number of nitrogens with zero attached hydrogens (tertiary/aromatic N) is 3. The molecule has 3 aromatic carbocycles. The van der Waals surface area contributed by atoms with Gasteiger partial charge in [0, 0.05) is 24.3 Å². The molecule has 2 N–H and O–H groups in total. The van der Waals surface area contributed by atoms with E-state index in [1.165, 1.54) is 12.1 Å². The second-order valence-electron chi connectivity index (χ2n) is 7.87. The maximum Gasteiger partial charge on any atom is 0.227 e. The van der Waals surface area contributed by atoms with Crippen LogP contribution in [-0.4, -0.2) is 41.0 Å². The number of aliphatic hydroxyl groups excluding tert-OH is 1. The van der Waals surface area contributed by atoms with Gasteiger partial charge in [-0.2, -0.15) is 4.99 Å². The summed E-state index contributed by atoms with van der Waals surface area (Å²) in [5.41, 5.74) is 3.55. The van der Waals surface area contributed by atoms with E-state index in [1.54, 1.807) is 12.1 Å². The molecule has 0 spiro atoms. The van der Waals surface area contributed by atoms with E-state index in [4.69, 9.17) is 9.98 Å². The van der Waals surface area contributed by atoms with Gasteiger partial charge in [0.15, 0.2) is 0 Å². The van der Waals surface area contributed by atoms with Crippen molar-refractivity contribution in [2.24, 2.45) is 9.98 Å². The topological polar surface area (TPSA) is 60.2 Å². The van der Waals surface area contributed by atoms with Gasteiger partial charge in [0.05, 0.1) is 11.8 Å². The SMILES string of the molecule is Cc1ccccc1C(=NC(=Nc1ccccc1)N1CCC(O)CC1)Nc1ccc(F)cc1. The van der Waals surface area contributed by atoms with Crippen molar-refractivity contribution in [1.29, 1.82) is 0 Å². The van der Waals surface area contributed by atoms with Gasteiger partial charge in [-0.1, -0.05) is 42.5 Å². The maximum atomic E-state index is 13.4. The predicted octanol–water partition coefficient (Wildman–Crippen LogP) is 5.14. The zero-order valence-electron chi connectivity index (χ0n) is 18.1. The fourth-order valence-corrected chi connectivity index (χ4v) is 3.61. The lowest BCUT2D eigenvalue weighted by atomic mass is 10.1. The van der Waals surface area contributed by atoms with Gasteiger partial charge in [-0.15, -0.1) is 0 Å². The number of nitrogens with one attached hydrogen (secondary N) is 1. The Balaban J connectivity index is 1.77. The molecule has 1 aliphatic heterocycles. The number of aliphatic imine (C=N–C) groups is 2. The number of para-hydroxylation sites is 1. The Morgan fingerprint density at radius 3 is 2.28 bits per heavy atom. The molecule has 6 heteroatoms. The van der Waals surface area contributed by atoms with Crippen LogP contribution in [-0.2, 0) is 0 Å². The van der Waals surface area contributed by atoms with E-state index < -0.39 is 0 Å². The fourth-order valence-electron chi connectivity index (χ4n) is 3.61. The van der Waals surface area contributed by atoms with Gasteiger partial charge >= 0.3 is 0 Å². The predicted molar refractivity (Wildman–Crippen MR) is 128 cm³/mol. The number of benzene rings is 3. The molecule has 0 aliphatic carbocycles. The largest absolute Gasteiger partial charge is 0.393 e. The number of amidine groups is 1. The first kappa shape index (κ1) is 21.7. The number of guanidine groups is 1. The number of aliphatic hydroxyl groups is 1. The van der Waals surface area contributed by atoms with Gasteiger partial charge < -0.3 is 15.3 Å². The number of halogens is 1. The lowest BCUT2D eigenvalue weighted by Crippen LogP contribution is -2.40. The van der Waals surface area contributed by atoms with Crippen molar-refractivity contribution in [3.8, 4) is 0 Å². The molecule has 3 aromatic rings. The molecule has 5 nitrogen and oxygen atoms in total. The van der Waals surface area contributed by atoms with Crippen LogP contribution in [0.5, 0.6) is 0 Å². The summed E-state index contributed by atoms with van der Waals surface area (Å²) >= 11 is 0. The van der Waals surface area contributed by atoms with E-state index in [-0.39, 0.29) is 11.9 Å². The Kier molecular flexibility index (Phi) is 6.92. The summed E-state index contributed by atoms with van der Waals surface area (Å²) in [6.45, 7) is 3.38. The van der Waals surface area contributed by atoms with Gasteiger partial charge in [0.25, 0.3) is 0 Å². The molecular formula is C26H27FN4O. The number of piperidine rings is 1. The molecule has 0 unspecified atom stereocenters. The minimum Gasteiger partial charge on any atom is -0.393 e. The second-order valence-corrected chi connectivity index (χ2v) is 7.87. The highest BCUT2D eigenvalue weighted by Crippen LogP contribution is 2.19. The quantitative estimate of drug-likeness (QED) is 0.447. The van der Waals surface area contributed by atoms with Crippen LogP contribution in [0, 0.1) is 12.7 Å². The zero-order chi connectivity index (χ0) is 22.3. The van der Waals surface area contributed by atoms with Crippen molar-refractivity contribution >= 4 is 23.2 Å². The van der Waals surface area contributed by atoms with Crippen LogP contribution in [0.15, 0.2) is 88.8 Å². The van der Waals surface area contributed by atoms with Gasteiger partial charge in [0.1, 0.15) is 11.7 Å². The molecule has 0 bridgehead atoms. The van der Waals surface area contributed by atoms with E-state index in [0.29, 0.717) is 37.7 Å². The molecular weight excluding hydrogens is 403 g/mol. The fraction of sp³-hybridized carbons (Fsp3) is 0.231. The van der Waals surface area contributed by atoms with E-state index >= 15 is 0 Å². The Morgan fingerprint density at radius 1 is 0.938 bits per heavy atom. The average Bonchev–Trinajstić information content (AvgIpc) is 2.81. The third-order valence-electron chi connectivity index (χ3n) is 5.45. The van der Waals surface area contributed by atoms with Crippen LogP contribution >= 0.6 is 0 Å². The highest BCUT2D eigenvalue weighted by atomic mass is 19.1. The summed E-state index contributed by atoms with van der Waals surface area (Å²) in [5.74, 6) is 0.926. The molecule has 1 aliphatic rings. The lowest BCUT2D eigenvalue weighted by molar-refractivity contribution is 0.109. The molecule has 164 valence electrons. The Bertz CT molecular complexity index is 1090. The van der Waals surface area contributed by atoms with Crippen LogP contribution < -0.4 is 5.32 Å². The van der Waals surface area contributed by atoms with E-state index in [9.17, 15) is 9.50 Å². The first-order valence-corrected chi connectivity index (χ1v) is 10.8. The number of rotatable bonds is 3. The number of aryl methyl sites for hydroxylation is 1. The molecule has 0 amide bonds. The molecule has 1 saturated heterocycles. The summed E-state index contributed by atoms with van der Waals surface area (Å²) in [5, 5.41) is 13.3. The Hall–Kier alpha value is -3.51. The summed E-state index contributed by atoms with van der Waals surface area (Å²) in [6.07, 6.45) is 1.06. The van der Waals surface area contributed by atoms with Crippen LogP contribution in [0.3, 0.4) is 0 Å². The minimum atomic E-state index is -0.290. The van der Waals surface area contributed by atoms with Gasteiger partial charge in [-0.25, -0.2) is 9.38 Å². The van der Waals surface area contributed by atoms with Gasteiger partial charge in [-0.3, -0.25) is 0 Å². The number of anilines is 1. The minimum absolute atomic E-state index is 0.289. The zero-order valence-corrected chi connectivity index (χ0v) is 18.1. The van der Waals surface area contributed by atoms with Gasteiger partial charge in [0.2, 0.25) is 5.96 Å². The van der Waals surface area contributed by atoms with Crippen molar-refractivity contribution in [3.05, 3.63) is 95.8 Å². The Morgan fingerprint density at radius 2 is 1.59 bits per heavy atom. The second kappa shape index (κ2) is 10.2. The molecule has 0 aromatic heterocycles. The van der Waals surface area contributed by atoms with Crippen LogP contribution in [0.4, 0.5) is 15.8 Å². The van der Waals surface area contributed by atoms with Crippen LogP contribution in [0.1, 0.15) is 24.0 Å². The maximum absolute atomic E-state index is 13.4. The highest BCUT2D eigenvalue weighted by Gasteiger charge is 2.21. The first-order valence-electron chi connectivity index (χ1n) is 10.8. The van der Waals surface area contributed by atoms with Crippen molar-refractivity contribution < 1.29 is 9.50 Å². The molecule has 0 saturated carbocycles. The van der Waals surface area contributed by atoms with Crippen molar-refractivity contribution in [2.45, 2.75) is 25.9 Å². The lowest BCUT2D eigenvalue weighted by Gasteiger charge is -2.30. The monoisotopic (exact) mass is 430 g/mol. The van der Waals surface area contributed by atoms with Crippen molar-refractivity contribution in [2.75, 3.05) is 18.4 Å². The van der Waals surface area contributed by atoms with E-state index in [0.717, 1.165) is 22.5 Å². The smallest absolute Gasteiger partial charge is 0.227 e.